The second kappa shape index (κ2) is 4.16. The van der Waals surface area contributed by atoms with E-state index in [1.165, 1.54) is 31.5 Å². The molecule has 2 nitrogen and oxygen atoms in total. The zero-order chi connectivity index (χ0) is 8.10. The Morgan fingerprint density at radius 1 is 1.27 bits per heavy atom. The average Bonchev–Trinajstić information content (AvgIpc) is 2.07. The van der Waals surface area contributed by atoms with Crippen LogP contribution in [0.1, 0.15) is 32.1 Å². The fraction of sp³-hybridized carbons (Fsp3) is 0.667. The van der Waals surface area contributed by atoms with E-state index in [-0.39, 0.29) is 11.7 Å². The van der Waals surface area contributed by atoms with Crippen LogP contribution in [0.3, 0.4) is 0 Å². The van der Waals surface area contributed by atoms with E-state index in [0.717, 1.165) is 12.8 Å². The van der Waals surface area contributed by atoms with E-state index >= 15 is 0 Å². The average molecular weight is 153 g/mol. The first-order valence-electron chi connectivity index (χ1n) is 4.26. The minimum absolute atomic E-state index is 0.215. The van der Waals surface area contributed by atoms with Gasteiger partial charge in [0, 0.05) is 5.92 Å². The van der Waals surface area contributed by atoms with Crippen LogP contribution >= 0.6 is 0 Å². The van der Waals surface area contributed by atoms with E-state index in [0.29, 0.717) is 0 Å². The fourth-order valence-electron chi connectivity index (χ4n) is 1.62. The van der Waals surface area contributed by atoms with Crippen molar-refractivity contribution in [2.24, 2.45) is 11.7 Å². The predicted molar refractivity (Wildman–Crippen MR) is 44.9 cm³/mol. The Kier molecular flexibility index (Phi) is 3.14. The van der Waals surface area contributed by atoms with Crippen molar-refractivity contribution in [2.45, 2.75) is 32.1 Å². The van der Waals surface area contributed by atoms with Crippen molar-refractivity contribution >= 4 is 5.78 Å². The minimum atomic E-state index is 0.215. The highest BCUT2D eigenvalue weighted by molar-refractivity contribution is 5.91. The molecule has 1 aliphatic carbocycles. The van der Waals surface area contributed by atoms with Crippen LogP contribution in [-0.2, 0) is 4.79 Å². The Morgan fingerprint density at radius 2 is 1.91 bits per heavy atom. The van der Waals surface area contributed by atoms with Crippen molar-refractivity contribution in [3.63, 3.8) is 0 Å². The second-order valence-corrected chi connectivity index (χ2v) is 3.10. The lowest BCUT2D eigenvalue weighted by molar-refractivity contribution is -0.119. The number of allylic oxidation sites excluding steroid dienone is 1. The second-order valence-electron chi connectivity index (χ2n) is 3.10. The molecule has 0 bridgehead atoms. The fourth-order valence-corrected chi connectivity index (χ4v) is 1.62. The number of hydrogen-bond acceptors (Lipinski definition) is 2. The third-order valence-electron chi connectivity index (χ3n) is 2.27. The molecule has 62 valence electrons. The Bertz CT molecular complexity index is 157. The Hall–Kier alpha value is -0.790. The molecule has 0 atom stereocenters. The summed E-state index contributed by atoms with van der Waals surface area (Å²) in [6, 6.07) is 0. The molecule has 0 unspecified atom stereocenters. The maximum atomic E-state index is 11.2. The number of carbonyl (C=O) groups excluding carboxylic acids is 1. The molecule has 1 fully saturated rings. The van der Waals surface area contributed by atoms with Gasteiger partial charge < -0.3 is 5.73 Å². The van der Waals surface area contributed by atoms with Crippen LogP contribution < -0.4 is 5.73 Å². The molecule has 0 amide bonds. The Morgan fingerprint density at radius 3 is 2.45 bits per heavy atom. The van der Waals surface area contributed by atoms with Crippen molar-refractivity contribution in [1.82, 2.24) is 0 Å². The van der Waals surface area contributed by atoms with Gasteiger partial charge in [-0.15, -0.1) is 0 Å². The molecule has 0 heterocycles. The van der Waals surface area contributed by atoms with Crippen molar-refractivity contribution in [1.29, 1.82) is 0 Å². The lowest BCUT2D eigenvalue weighted by atomic mass is 9.86. The predicted octanol–water partition coefficient (Wildman–Crippen LogP) is 1.61. The normalized spacial score (nSPS) is 20.7. The van der Waals surface area contributed by atoms with Gasteiger partial charge >= 0.3 is 0 Å². The summed E-state index contributed by atoms with van der Waals surface area (Å²) in [5.41, 5.74) is 5.13. The van der Waals surface area contributed by atoms with E-state index in [2.05, 4.69) is 0 Å². The maximum Gasteiger partial charge on any atom is 0.160 e. The van der Waals surface area contributed by atoms with Crippen LogP contribution in [0.15, 0.2) is 12.3 Å². The van der Waals surface area contributed by atoms with Gasteiger partial charge in [0.2, 0.25) is 0 Å². The van der Waals surface area contributed by atoms with Gasteiger partial charge in [-0.3, -0.25) is 4.79 Å². The van der Waals surface area contributed by atoms with E-state index in [9.17, 15) is 4.79 Å². The van der Waals surface area contributed by atoms with Crippen LogP contribution in [0, 0.1) is 5.92 Å². The highest BCUT2D eigenvalue weighted by Gasteiger charge is 2.18. The van der Waals surface area contributed by atoms with E-state index in [1.54, 1.807) is 0 Å². The van der Waals surface area contributed by atoms with Crippen molar-refractivity contribution < 1.29 is 4.79 Å². The number of carbonyl (C=O) groups is 1. The molecular weight excluding hydrogens is 138 g/mol. The molecule has 1 saturated carbocycles. The van der Waals surface area contributed by atoms with Crippen LogP contribution in [0.4, 0.5) is 0 Å². The summed E-state index contributed by atoms with van der Waals surface area (Å²) in [5.74, 6) is 0.482. The smallest absolute Gasteiger partial charge is 0.160 e. The molecule has 0 aromatic heterocycles. The molecule has 0 aromatic rings. The van der Waals surface area contributed by atoms with Crippen molar-refractivity contribution in [2.75, 3.05) is 0 Å². The molecule has 11 heavy (non-hydrogen) atoms. The van der Waals surface area contributed by atoms with E-state index in [1.807, 2.05) is 0 Å². The van der Waals surface area contributed by atoms with E-state index in [4.69, 9.17) is 5.73 Å². The zero-order valence-corrected chi connectivity index (χ0v) is 6.75. The molecule has 1 rings (SSSR count). The van der Waals surface area contributed by atoms with Gasteiger partial charge in [-0.25, -0.2) is 0 Å². The van der Waals surface area contributed by atoms with Crippen LogP contribution in [0.5, 0.6) is 0 Å². The van der Waals surface area contributed by atoms with Gasteiger partial charge in [-0.2, -0.15) is 0 Å². The monoisotopic (exact) mass is 153 g/mol. The van der Waals surface area contributed by atoms with Gasteiger partial charge in [0.15, 0.2) is 5.78 Å². The van der Waals surface area contributed by atoms with Gasteiger partial charge in [0.1, 0.15) is 0 Å². The number of rotatable bonds is 2. The van der Waals surface area contributed by atoms with Gasteiger partial charge in [-0.05, 0) is 25.1 Å². The first kappa shape index (κ1) is 8.31. The largest absolute Gasteiger partial charge is 0.404 e. The van der Waals surface area contributed by atoms with Gasteiger partial charge in [-0.1, -0.05) is 19.3 Å². The molecule has 0 radical (unpaired) electrons. The molecule has 2 N–H and O–H groups in total. The van der Waals surface area contributed by atoms with Crippen molar-refractivity contribution in [3.8, 4) is 0 Å². The maximum absolute atomic E-state index is 11.2. The lowest BCUT2D eigenvalue weighted by Gasteiger charge is -2.18. The molecule has 2 heteroatoms. The Labute approximate surface area is 67.5 Å². The van der Waals surface area contributed by atoms with Gasteiger partial charge in [0.25, 0.3) is 0 Å². The summed E-state index contributed by atoms with van der Waals surface area (Å²) in [4.78, 5) is 11.2. The highest BCUT2D eigenvalue weighted by Crippen LogP contribution is 2.24. The highest BCUT2D eigenvalue weighted by atomic mass is 16.1. The molecule has 0 aromatic carbocycles. The number of nitrogens with two attached hydrogens (primary N) is 1. The van der Waals surface area contributed by atoms with Crippen molar-refractivity contribution in [3.05, 3.63) is 12.3 Å². The lowest BCUT2D eigenvalue weighted by Crippen LogP contribution is -2.15. The molecule has 0 spiro atoms. The SMILES string of the molecule is NC=CC(=O)C1CCCCC1. The summed E-state index contributed by atoms with van der Waals surface area (Å²) in [6.07, 6.45) is 8.65. The summed E-state index contributed by atoms with van der Waals surface area (Å²) in [6.45, 7) is 0. The van der Waals surface area contributed by atoms with Crippen LogP contribution in [-0.4, -0.2) is 5.78 Å². The number of ketones is 1. The third-order valence-corrected chi connectivity index (χ3v) is 2.27. The molecular formula is C9H15NO. The topological polar surface area (TPSA) is 43.1 Å². The Balaban J connectivity index is 2.38. The third kappa shape index (κ3) is 2.37. The van der Waals surface area contributed by atoms with E-state index < -0.39 is 0 Å². The standard InChI is InChI=1S/C9H15NO/c10-7-6-9(11)8-4-2-1-3-5-8/h6-8H,1-5,10H2. The van der Waals surface area contributed by atoms with Crippen LogP contribution in [0.25, 0.3) is 0 Å². The first-order valence-corrected chi connectivity index (χ1v) is 4.26. The summed E-state index contributed by atoms with van der Waals surface area (Å²) >= 11 is 0. The summed E-state index contributed by atoms with van der Waals surface area (Å²) in [5, 5.41) is 0. The minimum Gasteiger partial charge on any atom is -0.404 e. The first-order chi connectivity index (χ1) is 5.34. The van der Waals surface area contributed by atoms with Gasteiger partial charge in [0.05, 0.1) is 0 Å². The zero-order valence-electron chi connectivity index (χ0n) is 6.75. The number of hydrogen-bond donors (Lipinski definition) is 1. The molecule has 0 aliphatic heterocycles. The molecule has 0 saturated heterocycles. The van der Waals surface area contributed by atoms with Crippen LogP contribution in [0.2, 0.25) is 0 Å². The molecule has 1 aliphatic rings. The summed E-state index contributed by atoms with van der Waals surface area (Å²) < 4.78 is 0. The summed E-state index contributed by atoms with van der Waals surface area (Å²) in [7, 11) is 0. The quantitative estimate of drug-likeness (QED) is 0.612.